The SMILES string of the molecule is COC(=O)c1cccc2c1Oc1ccccc1N=C2.Cl. The summed E-state index contributed by atoms with van der Waals surface area (Å²) in [5, 5.41) is 0. The topological polar surface area (TPSA) is 47.9 Å². The fourth-order valence-corrected chi connectivity index (χ4v) is 1.94. The summed E-state index contributed by atoms with van der Waals surface area (Å²) in [5.74, 6) is 0.668. The number of esters is 1. The minimum Gasteiger partial charge on any atom is -0.465 e. The van der Waals surface area contributed by atoms with Crippen LogP contribution < -0.4 is 4.74 Å². The Hall–Kier alpha value is -2.33. The van der Waals surface area contributed by atoms with Gasteiger partial charge in [0.1, 0.15) is 11.3 Å². The molecule has 0 saturated heterocycles. The number of hydrogen-bond donors (Lipinski definition) is 0. The number of carbonyl (C=O) groups is 1. The lowest BCUT2D eigenvalue weighted by atomic mass is 10.1. The monoisotopic (exact) mass is 289 g/mol. The van der Waals surface area contributed by atoms with E-state index in [-0.39, 0.29) is 12.4 Å². The van der Waals surface area contributed by atoms with Gasteiger partial charge in [0, 0.05) is 11.8 Å². The van der Waals surface area contributed by atoms with E-state index in [1.165, 1.54) is 7.11 Å². The molecule has 1 aliphatic rings. The Bertz CT molecular complexity index is 683. The van der Waals surface area contributed by atoms with Gasteiger partial charge in [-0.2, -0.15) is 0 Å². The number of halogens is 1. The minimum atomic E-state index is -0.426. The molecule has 0 aliphatic carbocycles. The molecular formula is C15H12ClNO3. The second kappa shape index (κ2) is 5.75. The standard InChI is InChI=1S/C15H11NO3.ClH/c1-18-15(17)11-6-4-5-10-9-16-12-7-2-3-8-13(12)19-14(10)11;/h2-9H,1H3;1H. The third-order valence-corrected chi connectivity index (χ3v) is 2.87. The van der Waals surface area contributed by atoms with E-state index in [0.29, 0.717) is 17.1 Å². The quantitative estimate of drug-likeness (QED) is 0.641. The van der Waals surface area contributed by atoms with Crippen LogP contribution in [0, 0.1) is 0 Å². The molecule has 4 nitrogen and oxygen atoms in total. The molecule has 0 radical (unpaired) electrons. The van der Waals surface area contributed by atoms with Crippen LogP contribution in [-0.4, -0.2) is 19.3 Å². The second-order valence-electron chi connectivity index (χ2n) is 4.04. The number of carbonyl (C=O) groups excluding carboxylic acids is 1. The molecule has 0 fully saturated rings. The van der Waals surface area contributed by atoms with E-state index in [4.69, 9.17) is 9.47 Å². The van der Waals surface area contributed by atoms with Gasteiger partial charge in [0.25, 0.3) is 0 Å². The summed E-state index contributed by atoms with van der Waals surface area (Å²) in [4.78, 5) is 16.1. The molecule has 1 heterocycles. The lowest BCUT2D eigenvalue weighted by Gasteiger charge is -2.11. The van der Waals surface area contributed by atoms with Crippen LogP contribution in [0.25, 0.3) is 0 Å². The number of methoxy groups -OCH3 is 1. The molecule has 20 heavy (non-hydrogen) atoms. The first-order valence-electron chi connectivity index (χ1n) is 5.82. The maximum atomic E-state index is 11.8. The third kappa shape index (κ3) is 2.38. The van der Waals surface area contributed by atoms with Crippen molar-refractivity contribution < 1.29 is 14.3 Å². The molecule has 0 N–H and O–H groups in total. The summed E-state index contributed by atoms with van der Waals surface area (Å²) in [7, 11) is 1.35. The van der Waals surface area contributed by atoms with Crippen LogP contribution in [0.4, 0.5) is 5.69 Å². The zero-order valence-corrected chi connectivity index (χ0v) is 11.5. The van der Waals surface area contributed by atoms with Gasteiger partial charge in [-0.05, 0) is 24.3 Å². The van der Waals surface area contributed by atoms with E-state index >= 15 is 0 Å². The largest absolute Gasteiger partial charge is 0.465 e. The zero-order valence-electron chi connectivity index (χ0n) is 10.7. The highest BCUT2D eigenvalue weighted by Crippen LogP contribution is 2.37. The molecule has 0 atom stereocenters. The van der Waals surface area contributed by atoms with Gasteiger partial charge in [0.2, 0.25) is 0 Å². The van der Waals surface area contributed by atoms with E-state index in [1.807, 2.05) is 30.3 Å². The van der Waals surface area contributed by atoms with E-state index in [1.54, 1.807) is 18.3 Å². The van der Waals surface area contributed by atoms with Gasteiger partial charge in [-0.25, -0.2) is 4.79 Å². The first-order chi connectivity index (χ1) is 9.29. The number of para-hydroxylation sites is 3. The number of nitrogens with zero attached hydrogens (tertiary/aromatic N) is 1. The van der Waals surface area contributed by atoms with Crippen molar-refractivity contribution in [2.75, 3.05) is 7.11 Å². The van der Waals surface area contributed by atoms with Crippen LogP contribution in [0.15, 0.2) is 47.5 Å². The van der Waals surface area contributed by atoms with Crippen LogP contribution in [0.5, 0.6) is 11.5 Å². The molecule has 0 aromatic heterocycles. The van der Waals surface area contributed by atoms with Gasteiger partial charge in [-0.3, -0.25) is 4.99 Å². The van der Waals surface area contributed by atoms with Gasteiger partial charge in [-0.1, -0.05) is 18.2 Å². The Balaban J connectivity index is 0.00000147. The second-order valence-corrected chi connectivity index (χ2v) is 4.04. The fraction of sp³-hybridized carbons (Fsp3) is 0.0667. The lowest BCUT2D eigenvalue weighted by Crippen LogP contribution is -2.05. The van der Waals surface area contributed by atoms with Crippen molar-refractivity contribution in [1.82, 2.24) is 0 Å². The molecule has 102 valence electrons. The number of ether oxygens (including phenoxy) is 2. The third-order valence-electron chi connectivity index (χ3n) is 2.87. The summed E-state index contributed by atoms with van der Waals surface area (Å²) < 4.78 is 10.6. The molecule has 0 saturated carbocycles. The van der Waals surface area contributed by atoms with Crippen molar-refractivity contribution in [1.29, 1.82) is 0 Å². The Morgan fingerprint density at radius 2 is 1.95 bits per heavy atom. The highest BCUT2D eigenvalue weighted by atomic mass is 35.5. The normalized spacial score (nSPS) is 11.2. The number of aliphatic imine (C=N–C) groups is 1. The molecule has 3 rings (SSSR count). The van der Waals surface area contributed by atoms with E-state index in [9.17, 15) is 4.79 Å². The lowest BCUT2D eigenvalue weighted by molar-refractivity contribution is 0.0598. The van der Waals surface area contributed by atoms with Crippen LogP contribution in [-0.2, 0) is 4.74 Å². The van der Waals surface area contributed by atoms with Crippen LogP contribution in [0.3, 0.4) is 0 Å². The summed E-state index contributed by atoms with van der Waals surface area (Å²) >= 11 is 0. The molecule has 0 bridgehead atoms. The predicted octanol–water partition coefficient (Wildman–Crippen LogP) is 3.75. The molecule has 0 spiro atoms. The maximum absolute atomic E-state index is 11.8. The van der Waals surface area contributed by atoms with Gasteiger partial charge >= 0.3 is 5.97 Å². The maximum Gasteiger partial charge on any atom is 0.341 e. The number of rotatable bonds is 1. The first kappa shape index (κ1) is 14.1. The van der Waals surface area contributed by atoms with E-state index in [0.717, 1.165) is 11.3 Å². The van der Waals surface area contributed by atoms with Crippen molar-refractivity contribution in [3.8, 4) is 11.5 Å². The highest BCUT2D eigenvalue weighted by Gasteiger charge is 2.19. The van der Waals surface area contributed by atoms with Gasteiger partial charge < -0.3 is 9.47 Å². The molecule has 0 amide bonds. The molecule has 5 heteroatoms. The predicted molar refractivity (Wildman–Crippen MR) is 78.8 cm³/mol. The molecule has 0 unspecified atom stereocenters. The number of fused-ring (bicyclic) bond motifs is 2. The minimum absolute atomic E-state index is 0. The van der Waals surface area contributed by atoms with E-state index < -0.39 is 5.97 Å². The van der Waals surface area contributed by atoms with Crippen molar-refractivity contribution in [2.45, 2.75) is 0 Å². The summed E-state index contributed by atoms with van der Waals surface area (Å²) in [6.45, 7) is 0. The molecular weight excluding hydrogens is 278 g/mol. The zero-order chi connectivity index (χ0) is 13.2. The van der Waals surface area contributed by atoms with Gasteiger partial charge in [-0.15, -0.1) is 12.4 Å². The van der Waals surface area contributed by atoms with Gasteiger partial charge in [0.05, 0.1) is 7.11 Å². The average molecular weight is 290 g/mol. The van der Waals surface area contributed by atoms with E-state index in [2.05, 4.69) is 4.99 Å². The smallest absolute Gasteiger partial charge is 0.341 e. The number of hydrogen-bond acceptors (Lipinski definition) is 4. The molecule has 2 aromatic carbocycles. The van der Waals surface area contributed by atoms with Crippen molar-refractivity contribution in [3.63, 3.8) is 0 Å². The Morgan fingerprint density at radius 3 is 2.75 bits per heavy atom. The summed E-state index contributed by atoms with van der Waals surface area (Å²) in [6, 6.07) is 12.7. The summed E-state index contributed by atoms with van der Waals surface area (Å²) in [5.41, 5.74) is 1.87. The van der Waals surface area contributed by atoms with Crippen LogP contribution in [0.2, 0.25) is 0 Å². The van der Waals surface area contributed by atoms with Crippen LogP contribution in [0.1, 0.15) is 15.9 Å². The van der Waals surface area contributed by atoms with Gasteiger partial charge in [0.15, 0.2) is 11.5 Å². The fourth-order valence-electron chi connectivity index (χ4n) is 1.94. The molecule has 1 aliphatic heterocycles. The highest BCUT2D eigenvalue weighted by molar-refractivity contribution is 5.98. The first-order valence-corrected chi connectivity index (χ1v) is 5.82. The summed E-state index contributed by atoms with van der Waals surface area (Å²) in [6.07, 6.45) is 1.69. The van der Waals surface area contributed by atoms with Crippen LogP contribution >= 0.6 is 12.4 Å². The molecule has 2 aromatic rings. The van der Waals surface area contributed by atoms with Crippen molar-refractivity contribution >= 4 is 30.3 Å². The average Bonchev–Trinajstić information content (AvgIpc) is 2.65. The Labute approximate surface area is 122 Å². The van der Waals surface area contributed by atoms with Crippen molar-refractivity contribution in [3.05, 3.63) is 53.6 Å². The Kier molecular flexibility index (Phi) is 4.05. The van der Waals surface area contributed by atoms with Crippen molar-refractivity contribution in [2.24, 2.45) is 4.99 Å². The number of benzene rings is 2. The Morgan fingerprint density at radius 1 is 1.15 bits per heavy atom.